The summed E-state index contributed by atoms with van der Waals surface area (Å²) in [7, 11) is -0.206. The minimum Gasteiger partial charge on any atom is -0.447 e. The summed E-state index contributed by atoms with van der Waals surface area (Å²) in [5.41, 5.74) is 2.18. The molecule has 1 aromatic heterocycles. The molecule has 0 radical (unpaired) electrons. The highest BCUT2D eigenvalue weighted by atomic mass is 16.2. The zero-order valence-corrected chi connectivity index (χ0v) is 10.8. The van der Waals surface area contributed by atoms with Gasteiger partial charge in [0.05, 0.1) is 0 Å². The lowest BCUT2D eigenvalue weighted by molar-refractivity contribution is 0.612. The third-order valence-electron chi connectivity index (χ3n) is 2.89. The van der Waals surface area contributed by atoms with Gasteiger partial charge in [0.25, 0.3) is 0 Å². The van der Waals surface area contributed by atoms with Gasteiger partial charge < -0.3 is 5.02 Å². The Morgan fingerprint density at radius 2 is 1.10 bits per heavy atom. The van der Waals surface area contributed by atoms with Crippen molar-refractivity contribution in [2.45, 2.75) is 0 Å². The van der Waals surface area contributed by atoms with Gasteiger partial charge in [0.1, 0.15) is 5.72 Å². The van der Waals surface area contributed by atoms with Crippen LogP contribution in [0.2, 0.25) is 0 Å². The molecular weight excluding hydrogens is 249 g/mol. The number of benzene rings is 2. The van der Waals surface area contributed by atoms with Crippen LogP contribution in [0.25, 0.3) is 22.8 Å². The third kappa shape index (κ3) is 2.58. The monoisotopic (exact) mass is 261 g/mol. The molecule has 4 nitrogen and oxygen atoms in total. The molecule has 0 aliphatic carbocycles. The average Bonchev–Trinajstić information content (AvgIpc) is 2.56. The van der Waals surface area contributed by atoms with Crippen molar-refractivity contribution in [3.05, 3.63) is 60.7 Å². The van der Waals surface area contributed by atoms with Crippen molar-refractivity contribution in [2.24, 2.45) is 0 Å². The summed E-state index contributed by atoms with van der Waals surface area (Å²) in [5, 5.41) is 9.33. The van der Waals surface area contributed by atoms with Gasteiger partial charge in [0, 0.05) is 11.1 Å². The van der Waals surface area contributed by atoms with E-state index in [2.05, 4.69) is 15.0 Å². The molecular formula is C15H12BN3O. The maximum absolute atomic E-state index is 9.33. The molecule has 0 fully saturated rings. The van der Waals surface area contributed by atoms with Gasteiger partial charge in [-0.25, -0.2) is 15.0 Å². The van der Waals surface area contributed by atoms with E-state index < -0.39 is 0 Å². The van der Waals surface area contributed by atoms with Gasteiger partial charge in [-0.2, -0.15) is 0 Å². The lowest BCUT2D eigenvalue weighted by atomic mass is 10.0. The predicted molar refractivity (Wildman–Crippen MR) is 79.7 cm³/mol. The number of aromatic nitrogens is 3. The third-order valence-corrected chi connectivity index (χ3v) is 2.89. The maximum Gasteiger partial charge on any atom is 0.350 e. The Morgan fingerprint density at radius 1 is 0.650 bits per heavy atom. The van der Waals surface area contributed by atoms with Crippen LogP contribution in [0.1, 0.15) is 0 Å². The molecule has 3 aromatic rings. The lowest BCUT2D eigenvalue weighted by Crippen LogP contribution is -2.24. The fourth-order valence-electron chi connectivity index (χ4n) is 1.92. The maximum atomic E-state index is 9.33. The molecule has 20 heavy (non-hydrogen) atoms. The fraction of sp³-hybridized carbons (Fsp3) is 0. The number of hydrogen-bond donors (Lipinski definition) is 1. The number of rotatable bonds is 3. The molecule has 0 aliphatic heterocycles. The highest BCUT2D eigenvalue weighted by molar-refractivity contribution is 6.43. The molecule has 0 bridgehead atoms. The molecule has 3 rings (SSSR count). The van der Waals surface area contributed by atoms with Crippen molar-refractivity contribution in [1.82, 2.24) is 15.0 Å². The van der Waals surface area contributed by atoms with Gasteiger partial charge in [-0.3, -0.25) is 0 Å². The van der Waals surface area contributed by atoms with Crippen LogP contribution in [-0.2, 0) is 0 Å². The minimum atomic E-state index is -0.206. The van der Waals surface area contributed by atoms with E-state index in [4.69, 9.17) is 0 Å². The Labute approximate surface area is 117 Å². The van der Waals surface area contributed by atoms with Crippen LogP contribution in [0.3, 0.4) is 0 Å². The van der Waals surface area contributed by atoms with E-state index in [1.54, 1.807) is 0 Å². The molecule has 0 saturated carbocycles. The van der Waals surface area contributed by atoms with Crippen molar-refractivity contribution in [2.75, 3.05) is 0 Å². The first-order chi connectivity index (χ1) is 9.86. The summed E-state index contributed by atoms with van der Waals surface area (Å²) in [6.07, 6.45) is 0. The molecule has 1 N–H and O–H groups in total. The standard InChI is InChI=1S/C15H12BN3O/c20-16-15-18-13(11-7-3-1-4-8-11)17-14(19-15)12-9-5-2-6-10-12/h1-10,16,20H. The first kappa shape index (κ1) is 12.5. The van der Waals surface area contributed by atoms with Crippen LogP contribution in [0.4, 0.5) is 0 Å². The second-order valence-electron chi connectivity index (χ2n) is 4.29. The van der Waals surface area contributed by atoms with Gasteiger partial charge in [0.15, 0.2) is 11.6 Å². The van der Waals surface area contributed by atoms with Crippen molar-refractivity contribution < 1.29 is 5.02 Å². The van der Waals surface area contributed by atoms with E-state index in [-0.39, 0.29) is 7.48 Å². The minimum absolute atomic E-state index is 0.206. The summed E-state index contributed by atoms with van der Waals surface area (Å²) in [6, 6.07) is 19.3. The second-order valence-corrected chi connectivity index (χ2v) is 4.29. The Balaban J connectivity index is 2.13. The van der Waals surface area contributed by atoms with Crippen LogP contribution in [-0.4, -0.2) is 27.5 Å². The second kappa shape index (κ2) is 5.63. The Kier molecular flexibility index (Phi) is 3.52. The van der Waals surface area contributed by atoms with Gasteiger partial charge >= 0.3 is 7.48 Å². The summed E-state index contributed by atoms with van der Waals surface area (Å²) >= 11 is 0. The SMILES string of the molecule is OBc1nc(-c2ccccc2)nc(-c2ccccc2)n1. The number of nitrogens with zero attached hydrogens (tertiary/aromatic N) is 3. The number of hydrogen-bond acceptors (Lipinski definition) is 4. The summed E-state index contributed by atoms with van der Waals surface area (Å²) < 4.78 is 0. The molecule has 5 heteroatoms. The van der Waals surface area contributed by atoms with E-state index in [9.17, 15) is 5.02 Å². The van der Waals surface area contributed by atoms with E-state index in [0.29, 0.717) is 17.4 Å². The fourth-order valence-corrected chi connectivity index (χ4v) is 1.92. The summed E-state index contributed by atoms with van der Waals surface area (Å²) in [5.74, 6) is 1.15. The van der Waals surface area contributed by atoms with Crippen molar-refractivity contribution >= 4 is 13.2 Å². The first-order valence-electron chi connectivity index (χ1n) is 6.33. The molecule has 0 aliphatic rings. The summed E-state index contributed by atoms with van der Waals surface area (Å²) in [6.45, 7) is 0. The van der Waals surface area contributed by atoms with Crippen molar-refractivity contribution in [1.29, 1.82) is 0 Å². The topological polar surface area (TPSA) is 58.9 Å². The molecule has 0 amide bonds. The zero-order chi connectivity index (χ0) is 13.8. The molecule has 0 atom stereocenters. The van der Waals surface area contributed by atoms with E-state index in [1.165, 1.54) is 0 Å². The van der Waals surface area contributed by atoms with Crippen molar-refractivity contribution in [3.63, 3.8) is 0 Å². The van der Waals surface area contributed by atoms with Crippen LogP contribution in [0.5, 0.6) is 0 Å². The normalized spacial score (nSPS) is 10.2. The molecule has 0 spiro atoms. The van der Waals surface area contributed by atoms with Gasteiger partial charge in [-0.15, -0.1) is 0 Å². The largest absolute Gasteiger partial charge is 0.447 e. The van der Waals surface area contributed by atoms with Gasteiger partial charge in [-0.1, -0.05) is 60.7 Å². The van der Waals surface area contributed by atoms with Crippen molar-refractivity contribution in [3.8, 4) is 22.8 Å². The molecule has 96 valence electrons. The van der Waals surface area contributed by atoms with E-state index >= 15 is 0 Å². The first-order valence-corrected chi connectivity index (χ1v) is 6.33. The molecule has 2 aromatic carbocycles. The van der Waals surface area contributed by atoms with Gasteiger partial charge in [-0.05, 0) is 0 Å². The Morgan fingerprint density at radius 3 is 1.50 bits per heavy atom. The Bertz CT molecular complexity index is 647. The Hall–Kier alpha value is -2.53. The van der Waals surface area contributed by atoms with Crippen LogP contribution < -0.4 is 5.72 Å². The molecule has 0 unspecified atom stereocenters. The zero-order valence-electron chi connectivity index (χ0n) is 10.8. The van der Waals surface area contributed by atoms with Crippen LogP contribution in [0.15, 0.2) is 60.7 Å². The lowest BCUT2D eigenvalue weighted by Gasteiger charge is -2.06. The van der Waals surface area contributed by atoms with Crippen LogP contribution >= 0.6 is 0 Å². The highest BCUT2D eigenvalue weighted by Crippen LogP contribution is 2.17. The summed E-state index contributed by atoms with van der Waals surface area (Å²) in [4.78, 5) is 13.0. The molecule has 1 heterocycles. The van der Waals surface area contributed by atoms with E-state index in [0.717, 1.165) is 11.1 Å². The van der Waals surface area contributed by atoms with Gasteiger partial charge in [0.2, 0.25) is 0 Å². The molecule has 0 saturated heterocycles. The smallest absolute Gasteiger partial charge is 0.350 e. The van der Waals surface area contributed by atoms with Crippen LogP contribution in [0, 0.1) is 0 Å². The average molecular weight is 261 g/mol. The quantitative estimate of drug-likeness (QED) is 0.719. The highest BCUT2D eigenvalue weighted by Gasteiger charge is 2.09. The van der Waals surface area contributed by atoms with E-state index in [1.807, 2.05) is 60.7 Å². The predicted octanol–water partition coefficient (Wildman–Crippen LogP) is 1.17.